The lowest BCUT2D eigenvalue weighted by molar-refractivity contribution is -0.253. The number of hydrogen-bond donors (Lipinski definition) is 0. The van der Waals surface area contributed by atoms with E-state index in [1.807, 2.05) is 0 Å². The van der Waals surface area contributed by atoms with Gasteiger partial charge in [-0.2, -0.15) is 17.6 Å². The zero-order valence-electron chi connectivity index (χ0n) is 16.8. The fourth-order valence-electron chi connectivity index (χ4n) is 3.02. The van der Waals surface area contributed by atoms with E-state index in [4.69, 9.17) is 0 Å². The zero-order valence-corrected chi connectivity index (χ0v) is 17.6. The van der Waals surface area contributed by atoms with Crippen molar-refractivity contribution in [2.45, 2.75) is 43.1 Å². The van der Waals surface area contributed by atoms with E-state index in [9.17, 15) is 26.0 Å². The van der Waals surface area contributed by atoms with Crippen LogP contribution in [0.25, 0.3) is 17.2 Å². The van der Waals surface area contributed by atoms with Crippen LogP contribution in [0.1, 0.15) is 31.2 Å². The molecule has 2 aromatic heterocycles. The largest absolute Gasteiger partial charge is 0.461 e. The Bertz CT molecular complexity index is 1230. The lowest BCUT2D eigenvalue weighted by Gasteiger charge is -2.16. The first-order valence-electron chi connectivity index (χ1n) is 9.71. The second-order valence-electron chi connectivity index (χ2n) is 7.26. The molecule has 0 saturated heterocycles. The highest BCUT2D eigenvalue weighted by Crippen LogP contribution is 2.41. The molecular weight excluding hydrogens is 452 g/mol. The average molecular weight is 470 g/mol. The molecule has 1 aromatic carbocycles. The van der Waals surface area contributed by atoms with Crippen LogP contribution in [0.3, 0.4) is 0 Å². The van der Waals surface area contributed by atoms with Gasteiger partial charge < -0.3 is 4.74 Å². The Morgan fingerprint density at radius 3 is 2.47 bits per heavy atom. The highest BCUT2D eigenvalue weighted by molar-refractivity contribution is 7.91. The number of hydrogen-bond acceptors (Lipinski definition) is 6. The van der Waals surface area contributed by atoms with E-state index in [2.05, 4.69) is 19.8 Å². The maximum atomic E-state index is 13.0. The van der Waals surface area contributed by atoms with Crippen LogP contribution in [0.2, 0.25) is 0 Å². The Morgan fingerprint density at radius 2 is 1.88 bits per heavy atom. The maximum absolute atomic E-state index is 13.0. The summed E-state index contributed by atoms with van der Waals surface area (Å²) < 4.78 is 81.2. The van der Waals surface area contributed by atoms with Gasteiger partial charge in [0.25, 0.3) is 0 Å². The highest BCUT2D eigenvalue weighted by atomic mass is 32.2. The van der Waals surface area contributed by atoms with Gasteiger partial charge in [-0.3, -0.25) is 4.98 Å². The van der Waals surface area contributed by atoms with Crippen LogP contribution < -0.4 is 4.74 Å². The molecule has 0 bridgehead atoms. The first kappa shape index (κ1) is 22.2. The van der Waals surface area contributed by atoms with Crippen LogP contribution in [-0.2, 0) is 9.84 Å². The van der Waals surface area contributed by atoms with Crippen molar-refractivity contribution in [3.8, 4) is 23.0 Å². The standard InChI is InChI=1S/C20H18F4N4O3S/c1-2-32(29,30)16-9-13(12-3-4-12)10-25-17(16)18-26-11-28(27-18)14-5-7-15(8-6-14)31-20(23,24)19(21)22/h5-12,19H,2-4H2,1H3. The van der Waals surface area contributed by atoms with E-state index in [1.54, 1.807) is 12.3 Å². The molecule has 1 aliphatic rings. The van der Waals surface area contributed by atoms with Gasteiger partial charge in [0, 0.05) is 6.20 Å². The molecule has 0 aliphatic heterocycles. The Hall–Kier alpha value is -3.02. The molecule has 0 radical (unpaired) electrons. The van der Waals surface area contributed by atoms with Crippen molar-refractivity contribution in [2.75, 3.05) is 5.75 Å². The van der Waals surface area contributed by atoms with Gasteiger partial charge in [0.2, 0.25) is 5.82 Å². The normalized spacial score (nSPS) is 14.7. The molecule has 1 aliphatic carbocycles. The van der Waals surface area contributed by atoms with Crippen LogP contribution in [0.5, 0.6) is 5.75 Å². The summed E-state index contributed by atoms with van der Waals surface area (Å²) in [6.45, 7) is 1.54. The van der Waals surface area contributed by atoms with E-state index in [0.29, 0.717) is 11.6 Å². The lowest BCUT2D eigenvalue weighted by Crippen LogP contribution is -2.33. The van der Waals surface area contributed by atoms with E-state index < -0.39 is 28.1 Å². The van der Waals surface area contributed by atoms with Crippen LogP contribution in [0.4, 0.5) is 17.6 Å². The predicted octanol–water partition coefficient (Wildman–Crippen LogP) is 4.24. The fourth-order valence-corrected chi connectivity index (χ4v) is 4.09. The number of benzene rings is 1. The summed E-state index contributed by atoms with van der Waals surface area (Å²) in [7, 11) is -3.59. The van der Waals surface area contributed by atoms with Gasteiger partial charge in [-0.15, -0.1) is 5.10 Å². The topological polar surface area (TPSA) is 87.0 Å². The molecule has 12 heteroatoms. The molecule has 0 unspecified atom stereocenters. The first-order chi connectivity index (χ1) is 15.1. The Morgan fingerprint density at radius 1 is 1.19 bits per heavy atom. The van der Waals surface area contributed by atoms with Crippen LogP contribution >= 0.6 is 0 Å². The van der Waals surface area contributed by atoms with Crippen molar-refractivity contribution in [3.63, 3.8) is 0 Å². The molecule has 2 heterocycles. The second kappa shape index (κ2) is 8.15. The van der Waals surface area contributed by atoms with E-state index >= 15 is 0 Å². The molecule has 170 valence electrons. The third-order valence-corrected chi connectivity index (χ3v) is 6.69. The van der Waals surface area contributed by atoms with Gasteiger partial charge in [0.15, 0.2) is 9.84 Å². The third kappa shape index (κ3) is 4.45. The third-order valence-electron chi connectivity index (χ3n) is 4.95. The van der Waals surface area contributed by atoms with Crippen molar-refractivity contribution < 1.29 is 30.7 Å². The van der Waals surface area contributed by atoms with Gasteiger partial charge in [-0.05, 0) is 54.7 Å². The fraction of sp³-hybridized carbons (Fsp3) is 0.350. The van der Waals surface area contributed by atoms with Crippen molar-refractivity contribution in [3.05, 3.63) is 48.4 Å². The van der Waals surface area contributed by atoms with E-state index in [-0.39, 0.29) is 22.2 Å². The summed E-state index contributed by atoms with van der Waals surface area (Å²) in [5.74, 6) is -0.177. The summed E-state index contributed by atoms with van der Waals surface area (Å²) >= 11 is 0. The molecule has 0 N–H and O–H groups in total. The highest BCUT2D eigenvalue weighted by Gasteiger charge is 2.43. The molecule has 4 rings (SSSR count). The van der Waals surface area contributed by atoms with Gasteiger partial charge >= 0.3 is 12.5 Å². The average Bonchev–Trinajstić information content (AvgIpc) is 3.50. The minimum Gasteiger partial charge on any atom is -0.428 e. The molecule has 0 amide bonds. The van der Waals surface area contributed by atoms with E-state index in [0.717, 1.165) is 30.5 Å². The number of nitrogens with zero attached hydrogens (tertiary/aromatic N) is 4. The van der Waals surface area contributed by atoms with Crippen LogP contribution in [-0.4, -0.2) is 46.5 Å². The molecule has 0 atom stereocenters. The molecule has 1 saturated carbocycles. The summed E-state index contributed by atoms with van der Waals surface area (Å²) in [5, 5.41) is 4.25. The smallest absolute Gasteiger partial charge is 0.428 e. The zero-order chi connectivity index (χ0) is 23.1. The van der Waals surface area contributed by atoms with Crippen LogP contribution in [0, 0.1) is 0 Å². The summed E-state index contributed by atoms with van der Waals surface area (Å²) in [4.78, 5) is 8.51. The summed E-state index contributed by atoms with van der Waals surface area (Å²) in [6, 6.07) is 6.44. The molecular formula is C20H18F4N4O3S. The quantitative estimate of drug-likeness (QED) is 0.458. The van der Waals surface area contributed by atoms with Gasteiger partial charge in [0.1, 0.15) is 17.8 Å². The lowest BCUT2D eigenvalue weighted by atomic mass is 10.2. The minimum atomic E-state index is -4.61. The SMILES string of the molecule is CCS(=O)(=O)c1cc(C2CC2)cnc1-c1ncn(-c2ccc(OC(F)(F)C(F)F)cc2)n1. The molecule has 3 aromatic rings. The minimum absolute atomic E-state index is 0.0557. The summed E-state index contributed by atoms with van der Waals surface area (Å²) in [5.41, 5.74) is 1.34. The van der Waals surface area contributed by atoms with Crippen molar-refractivity contribution in [1.82, 2.24) is 19.7 Å². The number of aromatic nitrogens is 4. The van der Waals surface area contributed by atoms with Crippen molar-refractivity contribution >= 4 is 9.84 Å². The Kier molecular flexibility index (Phi) is 5.65. The maximum Gasteiger partial charge on any atom is 0.461 e. The molecule has 0 spiro atoms. The van der Waals surface area contributed by atoms with Gasteiger partial charge in [-0.1, -0.05) is 6.92 Å². The van der Waals surface area contributed by atoms with Crippen molar-refractivity contribution in [2.24, 2.45) is 0 Å². The number of pyridine rings is 1. The van der Waals surface area contributed by atoms with E-state index in [1.165, 1.54) is 30.1 Å². The monoisotopic (exact) mass is 470 g/mol. The Balaban J connectivity index is 1.63. The number of alkyl halides is 4. The molecule has 7 nitrogen and oxygen atoms in total. The number of rotatable bonds is 8. The number of halogens is 4. The second-order valence-corrected chi connectivity index (χ2v) is 9.51. The summed E-state index contributed by atoms with van der Waals surface area (Å²) in [6.07, 6.45) is -3.67. The molecule has 1 fully saturated rings. The number of sulfone groups is 1. The van der Waals surface area contributed by atoms with Crippen LogP contribution in [0.15, 0.2) is 47.8 Å². The van der Waals surface area contributed by atoms with Gasteiger partial charge in [0.05, 0.1) is 16.3 Å². The number of ether oxygens (including phenoxy) is 1. The van der Waals surface area contributed by atoms with Gasteiger partial charge in [-0.25, -0.2) is 18.1 Å². The predicted molar refractivity (Wildman–Crippen MR) is 106 cm³/mol. The Labute approximate surface area is 181 Å². The van der Waals surface area contributed by atoms with Crippen molar-refractivity contribution in [1.29, 1.82) is 0 Å². The molecule has 32 heavy (non-hydrogen) atoms. The first-order valence-corrected chi connectivity index (χ1v) is 11.4.